The Bertz CT molecular complexity index is 190. The Labute approximate surface area is 97.1 Å². The third-order valence-electron chi connectivity index (χ3n) is 1.31. The van der Waals surface area contributed by atoms with Crippen LogP contribution < -0.4 is 4.74 Å². The smallest absolute Gasteiger partial charge is 0.118 e. The van der Waals surface area contributed by atoms with Crippen molar-refractivity contribution >= 4 is 39.1 Å². The van der Waals surface area contributed by atoms with E-state index in [0.717, 1.165) is 11.1 Å². The van der Waals surface area contributed by atoms with Crippen LogP contribution in [0.5, 0.6) is 5.75 Å². The highest BCUT2D eigenvalue weighted by Crippen LogP contribution is 2.12. The van der Waals surface area contributed by atoms with E-state index in [-0.39, 0.29) is 5.34 Å². The molecular formula is C9H11BrCl2O. The molecule has 1 aromatic rings. The molecule has 0 spiro atoms. The van der Waals surface area contributed by atoms with Crippen LogP contribution in [0.15, 0.2) is 24.3 Å². The molecule has 0 amide bonds. The molecule has 0 atom stereocenters. The van der Waals surface area contributed by atoms with Gasteiger partial charge in [0.25, 0.3) is 0 Å². The summed E-state index contributed by atoms with van der Waals surface area (Å²) in [5.41, 5.74) is 1.26. The van der Waals surface area contributed by atoms with Crippen molar-refractivity contribution in [1.29, 1.82) is 0 Å². The molecule has 0 bridgehead atoms. The standard InChI is InChI=1S/C8H9BrO.CH2Cl2/c1-10-8-4-2-7(6-9)3-5-8;2-1-3/h2-5H,6H2,1H3;1H2. The average molecular weight is 286 g/mol. The number of ether oxygens (including phenoxy) is 1. The summed E-state index contributed by atoms with van der Waals surface area (Å²) < 4.78 is 5.00. The summed E-state index contributed by atoms with van der Waals surface area (Å²) in [5.74, 6) is 0.907. The van der Waals surface area contributed by atoms with Gasteiger partial charge in [-0.3, -0.25) is 0 Å². The molecule has 0 aliphatic carbocycles. The number of hydrogen-bond donors (Lipinski definition) is 0. The number of alkyl halides is 3. The first-order chi connectivity index (χ1) is 6.28. The van der Waals surface area contributed by atoms with Crippen LogP contribution in [-0.4, -0.2) is 12.4 Å². The molecule has 0 radical (unpaired) electrons. The number of rotatable bonds is 2. The quantitative estimate of drug-likeness (QED) is 0.746. The molecule has 0 fully saturated rings. The first-order valence-corrected chi connectivity index (χ1v) is 5.78. The van der Waals surface area contributed by atoms with Crippen molar-refractivity contribution in [2.75, 3.05) is 12.4 Å². The van der Waals surface area contributed by atoms with Crippen molar-refractivity contribution in [3.8, 4) is 5.75 Å². The van der Waals surface area contributed by atoms with E-state index in [0.29, 0.717) is 0 Å². The lowest BCUT2D eigenvalue weighted by molar-refractivity contribution is 0.414. The molecule has 1 nitrogen and oxygen atoms in total. The SMILES string of the molecule is COc1ccc(CBr)cc1.ClCCl. The van der Waals surface area contributed by atoms with Gasteiger partial charge < -0.3 is 4.74 Å². The zero-order chi connectivity index (χ0) is 10.1. The molecule has 13 heavy (non-hydrogen) atoms. The highest BCUT2D eigenvalue weighted by molar-refractivity contribution is 9.08. The van der Waals surface area contributed by atoms with Gasteiger partial charge in [0, 0.05) is 5.33 Å². The summed E-state index contributed by atoms with van der Waals surface area (Å²) in [6.45, 7) is 0. The minimum Gasteiger partial charge on any atom is -0.497 e. The lowest BCUT2D eigenvalue weighted by Crippen LogP contribution is -1.82. The van der Waals surface area contributed by atoms with Gasteiger partial charge in [0.05, 0.1) is 12.4 Å². The van der Waals surface area contributed by atoms with Gasteiger partial charge in [0.15, 0.2) is 0 Å². The van der Waals surface area contributed by atoms with Crippen molar-refractivity contribution in [3.05, 3.63) is 29.8 Å². The molecule has 1 aromatic carbocycles. The third-order valence-corrected chi connectivity index (χ3v) is 1.96. The molecule has 0 aliphatic rings. The van der Waals surface area contributed by atoms with Crippen LogP contribution in [0.3, 0.4) is 0 Å². The molecule has 1 rings (SSSR count). The fourth-order valence-corrected chi connectivity index (χ4v) is 1.09. The number of halogens is 3. The van der Waals surface area contributed by atoms with Crippen LogP contribution in [-0.2, 0) is 5.33 Å². The van der Waals surface area contributed by atoms with E-state index in [2.05, 4.69) is 15.9 Å². The Morgan fingerprint density at radius 1 is 1.23 bits per heavy atom. The molecule has 74 valence electrons. The van der Waals surface area contributed by atoms with Gasteiger partial charge in [-0.05, 0) is 17.7 Å². The Morgan fingerprint density at radius 3 is 2.00 bits per heavy atom. The largest absolute Gasteiger partial charge is 0.497 e. The summed E-state index contributed by atoms with van der Waals surface area (Å²) in [4.78, 5) is 0. The second-order valence-corrected chi connectivity index (χ2v) is 3.45. The molecule has 4 heteroatoms. The topological polar surface area (TPSA) is 9.23 Å². The summed E-state index contributed by atoms with van der Waals surface area (Å²) in [6, 6.07) is 7.98. The zero-order valence-electron chi connectivity index (χ0n) is 7.27. The average Bonchev–Trinajstić information content (AvgIpc) is 2.19. The summed E-state index contributed by atoms with van der Waals surface area (Å²) in [6.07, 6.45) is 0. The fourth-order valence-electron chi connectivity index (χ4n) is 0.715. The first kappa shape index (κ1) is 13.1. The van der Waals surface area contributed by atoms with Crippen LogP contribution in [0, 0.1) is 0 Å². The number of hydrogen-bond acceptors (Lipinski definition) is 1. The lowest BCUT2D eigenvalue weighted by atomic mass is 10.2. The third kappa shape index (κ3) is 6.19. The van der Waals surface area contributed by atoms with Crippen LogP contribution in [0.2, 0.25) is 0 Å². The number of methoxy groups -OCH3 is 1. The van der Waals surface area contributed by atoms with E-state index in [1.807, 2.05) is 24.3 Å². The first-order valence-electron chi connectivity index (χ1n) is 3.59. The van der Waals surface area contributed by atoms with Gasteiger partial charge in [-0.15, -0.1) is 23.2 Å². The van der Waals surface area contributed by atoms with E-state index < -0.39 is 0 Å². The molecule has 0 saturated carbocycles. The van der Waals surface area contributed by atoms with Crippen molar-refractivity contribution in [1.82, 2.24) is 0 Å². The minimum atomic E-state index is 0.194. The molecular weight excluding hydrogens is 275 g/mol. The summed E-state index contributed by atoms with van der Waals surface area (Å²) in [7, 11) is 1.67. The van der Waals surface area contributed by atoms with E-state index in [9.17, 15) is 0 Å². The van der Waals surface area contributed by atoms with Crippen molar-refractivity contribution in [2.45, 2.75) is 5.33 Å². The maximum atomic E-state index is 5.00. The number of benzene rings is 1. The molecule has 0 saturated heterocycles. The van der Waals surface area contributed by atoms with Crippen molar-refractivity contribution in [3.63, 3.8) is 0 Å². The van der Waals surface area contributed by atoms with Gasteiger partial charge in [-0.1, -0.05) is 28.1 Å². The molecule has 0 aromatic heterocycles. The van der Waals surface area contributed by atoms with Crippen LogP contribution >= 0.6 is 39.1 Å². The van der Waals surface area contributed by atoms with E-state index >= 15 is 0 Å². The van der Waals surface area contributed by atoms with E-state index in [1.54, 1.807) is 7.11 Å². The Morgan fingerprint density at radius 2 is 1.69 bits per heavy atom. The predicted octanol–water partition coefficient (Wildman–Crippen LogP) is 4.01. The minimum absolute atomic E-state index is 0.194. The lowest BCUT2D eigenvalue weighted by Gasteiger charge is -1.98. The predicted molar refractivity (Wildman–Crippen MR) is 62.2 cm³/mol. The van der Waals surface area contributed by atoms with Crippen LogP contribution in [0.1, 0.15) is 5.56 Å². The van der Waals surface area contributed by atoms with Crippen molar-refractivity contribution in [2.24, 2.45) is 0 Å². The summed E-state index contributed by atoms with van der Waals surface area (Å²) >= 11 is 12.9. The second-order valence-electron chi connectivity index (χ2n) is 2.08. The van der Waals surface area contributed by atoms with Gasteiger partial charge in [0.2, 0.25) is 0 Å². The maximum Gasteiger partial charge on any atom is 0.118 e. The molecule has 0 heterocycles. The Balaban J connectivity index is 0.000000424. The molecule has 0 N–H and O–H groups in total. The summed E-state index contributed by atoms with van der Waals surface area (Å²) in [5, 5.41) is 1.09. The van der Waals surface area contributed by atoms with Gasteiger partial charge in [0.1, 0.15) is 5.75 Å². The highest BCUT2D eigenvalue weighted by Gasteiger charge is 1.89. The van der Waals surface area contributed by atoms with Gasteiger partial charge in [-0.25, -0.2) is 0 Å². The second kappa shape index (κ2) is 8.67. The van der Waals surface area contributed by atoms with E-state index in [4.69, 9.17) is 27.9 Å². The normalized spacial score (nSPS) is 8.62. The Kier molecular flexibility index (Phi) is 8.72. The zero-order valence-corrected chi connectivity index (χ0v) is 10.4. The monoisotopic (exact) mass is 284 g/mol. The molecule has 0 aliphatic heterocycles. The fraction of sp³-hybridized carbons (Fsp3) is 0.333. The Hall–Kier alpha value is 0.0800. The van der Waals surface area contributed by atoms with E-state index in [1.165, 1.54) is 5.56 Å². The molecule has 0 unspecified atom stereocenters. The van der Waals surface area contributed by atoms with Crippen LogP contribution in [0.25, 0.3) is 0 Å². The van der Waals surface area contributed by atoms with Crippen molar-refractivity contribution < 1.29 is 4.74 Å². The van der Waals surface area contributed by atoms with Gasteiger partial charge in [-0.2, -0.15) is 0 Å². The van der Waals surface area contributed by atoms with Gasteiger partial charge >= 0.3 is 0 Å². The highest BCUT2D eigenvalue weighted by atomic mass is 79.9. The van der Waals surface area contributed by atoms with Crippen LogP contribution in [0.4, 0.5) is 0 Å². The maximum absolute atomic E-state index is 5.00.